The lowest BCUT2D eigenvalue weighted by molar-refractivity contribution is 0.0366. The molecule has 0 radical (unpaired) electrons. The zero-order chi connectivity index (χ0) is 9.80. The minimum atomic E-state index is -2.30. The Hall–Kier alpha value is -0.140. The molecule has 2 saturated carbocycles. The van der Waals surface area contributed by atoms with E-state index in [1.807, 2.05) is 0 Å². The highest BCUT2D eigenvalue weighted by Gasteiger charge is 2.74. The highest BCUT2D eigenvalue weighted by molar-refractivity contribution is 5.14. The molecule has 0 aromatic carbocycles. The van der Waals surface area contributed by atoms with Crippen LogP contribution in [0.4, 0.5) is 8.78 Å². The van der Waals surface area contributed by atoms with E-state index >= 15 is 0 Å². The van der Waals surface area contributed by atoms with Gasteiger partial charge in [-0.3, -0.25) is 0 Å². The molecule has 0 aromatic heterocycles. The molecule has 0 N–H and O–H groups in total. The lowest BCUT2D eigenvalue weighted by Crippen LogP contribution is -2.22. The Kier molecular flexibility index (Phi) is 1.94. The van der Waals surface area contributed by atoms with Gasteiger partial charge in [0.15, 0.2) is 0 Å². The molecular formula is C11H18F2. The summed E-state index contributed by atoms with van der Waals surface area (Å²) in [6, 6.07) is 0. The molecule has 0 saturated heterocycles. The molecule has 2 aliphatic carbocycles. The fourth-order valence-electron chi connectivity index (χ4n) is 3.36. The molecule has 0 nitrogen and oxygen atoms in total. The van der Waals surface area contributed by atoms with Gasteiger partial charge < -0.3 is 0 Å². The Morgan fingerprint density at radius 3 is 2.46 bits per heavy atom. The van der Waals surface area contributed by atoms with Gasteiger partial charge in [-0.05, 0) is 24.2 Å². The Labute approximate surface area is 78.7 Å². The highest BCUT2D eigenvalue weighted by atomic mass is 19.3. The molecule has 0 spiro atoms. The first kappa shape index (κ1) is 9.42. The monoisotopic (exact) mass is 188 g/mol. The number of halogens is 2. The fourth-order valence-corrected chi connectivity index (χ4v) is 3.36. The molecule has 0 heterocycles. The zero-order valence-corrected chi connectivity index (χ0v) is 8.56. The normalized spacial score (nSPS) is 46.6. The second-order valence-electron chi connectivity index (χ2n) is 5.02. The average Bonchev–Trinajstić information content (AvgIpc) is 2.48. The maximum absolute atomic E-state index is 13.1. The van der Waals surface area contributed by atoms with E-state index in [1.165, 1.54) is 0 Å². The maximum atomic E-state index is 13.1. The van der Waals surface area contributed by atoms with Gasteiger partial charge in [-0.15, -0.1) is 0 Å². The third-order valence-electron chi connectivity index (χ3n) is 4.13. The van der Waals surface area contributed by atoms with Gasteiger partial charge >= 0.3 is 0 Å². The largest absolute Gasteiger partial charge is 0.254 e. The van der Waals surface area contributed by atoms with Crippen LogP contribution in [0.15, 0.2) is 0 Å². The zero-order valence-electron chi connectivity index (χ0n) is 8.56. The molecule has 4 unspecified atom stereocenters. The van der Waals surface area contributed by atoms with E-state index in [0.29, 0.717) is 17.8 Å². The molecule has 0 aromatic rings. The third-order valence-corrected chi connectivity index (χ3v) is 4.13. The van der Waals surface area contributed by atoms with E-state index in [4.69, 9.17) is 0 Å². The van der Waals surface area contributed by atoms with Crippen LogP contribution in [0.25, 0.3) is 0 Å². The number of hydrogen-bond acceptors (Lipinski definition) is 0. The fraction of sp³-hybridized carbons (Fsp3) is 1.00. The van der Waals surface area contributed by atoms with Crippen molar-refractivity contribution in [2.24, 2.45) is 29.6 Å². The van der Waals surface area contributed by atoms with Crippen LogP contribution in [-0.2, 0) is 0 Å². The second kappa shape index (κ2) is 2.68. The van der Waals surface area contributed by atoms with Gasteiger partial charge in [-0.1, -0.05) is 27.2 Å². The van der Waals surface area contributed by atoms with Crippen molar-refractivity contribution in [2.45, 2.75) is 39.5 Å². The van der Waals surface area contributed by atoms with Crippen molar-refractivity contribution in [3.8, 4) is 0 Å². The van der Waals surface area contributed by atoms with Gasteiger partial charge in [0.2, 0.25) is 0 Å². The quantitative estimate of drug-likeness (QED) is 0.621. The molecule has 0 aliphatic heterocycles. The van der Waals surface area contributed by atoms with E-state index in [9.17, 15) is 8.78 Å². The molecule has 2 heteroatoms. The van der Waals surface area contributed by atoms with E-state index in [-0.39, 0.29) is 11.8 Å². The summed E-state index contributed by atoms with van der Waals surface area (Å²) in [6.07, 6.45) is 1.70. The van der Waals surface area contributed by atoms with Crippen LogP contribution in [0.3, 0.4) is 0 Å². The minimum absolute atomic E-state index is 0.259. The number of alkyl halides is 2. The van der Waals surface area contributed by atoms with Gasteiger partial charge in [0.25, 0.3) is 5.92 Å². The maximum Gasteiger partial charge on any atom is 0.254 e. The summed E-state index contributed by atoms with van der Waals surface area (Å²) in [5.41, 5.74) is 0. The van der Waals surface area contributed by atoms with Gasteiger partial charge in [0.05, 0.1) is 0 Å². The van der Waals surface area contributed by atoms with Crippen molar-refractivity contribution < 1.29 is 8.78 Å². The Morgan fingerprint density at radius 1 is 1.38 bits per heavy atom. The number of hydrogen-bond donors (Lipinski definition) is 0. The van der Waals surface area contributed by atoms with Gasteiger partial charge in [0, 0.05) is 11.8 Å². The summed E-state index contributed by atoms with van der Waals surface area (Å²) in [5, 5.41) is 0. The van der Waals surface area contributed by atoms with Crippen molar-refractivity contribution in [1.29, 1.82) is 0 Å². The van der Waals surface area contributed by atoms with Gasteiger partial charge in [-0.2, -0.15) is 0 Å². The summed E-state index contributed by atoms with van der Waals surface area (Å²) in [6.45, 7) is 6.38. The van der Waals surface area contributed by atoms with Crippen molar-refractivity contribution in [3.05, 3.63) is 0 Å². The smallest absolute Gasteiger partial charge is 0.206 e. The van der Waals surface area contributed by atoms with Crippen LogP contribution >= 0.6 is 0 Å². The van der Waals surface area contributed by atoms with Crippen molar-refractivity contribution >= 4 is 0 Å². The van der Waals surface area contributed by atoms with Crippen LogP contribution in [0, 0.1) is 29.6 Å². The van der Waals surface area contributed by atoms with Gasteiger partial charge in [-0.25, -0.2) is 8.78 Å². The molecule has 0 amide bonds. The second-order valence-corrected chi connectivity index (χ2v) is 5.02. The first-order valence-electron chi connectivity index (χ1n) is 5.38. The van der Waals surface area contributed by atoms with Crippen LogP contribution in [0.5, 0.6) is 0 Å². The van der Waals surface area contributed by atoms with E-state index in [2.05, 4.69) is 20.8 Å². The van der Waals surface area contributed by atoms with Crippen LogP contribution in [0.2, 0.25) is 0 Å². The summed E-state index contributed by atoms with van der Waals surface area (Å²) in [7, 11) is 0. The predicted octanol–water partition coefficient (Wildman–Crippen LogP) is 3.57. The van der Waals surface area contributed by atoms with Crippen molar-refractivity contribution in [2.75, 3.05) is 0 Å². The average molecular weight is 188 g/mol. The van der Waals surface area contributed by atoms with Crippen molar-refractivity contribution in [1.82, 2.24) is 0 Å². The molecular weight excluding hydrogens is 170 g/mol. The van der Waals surface area contributed by atoms with Gasteiger partial charge in [0.1, 0.15) is 0 Å². The van der Waals surface area contributed by atoms with E-state index in [1.54, 1.807) is 0 Å². The first-order valence-corrected chi connectivity index (χ1v) is 5.38. The first-order chi connectivity index (χ1) is 6.00. The molecule has 2 rings (SSSR count). The summed E-state index contributed by atoms with van der Waals surface area (Å²) >= 11 is 0. The highest BCUT2D eigenvalue weighted by Crippen LogP contribution is 2.69. The Morgan fingerprint density at radius 2 is 2.00 bits per heavy atom. The predicted molar refractivity (Wildman–Crippen MR) is 48.7 cm³/mol. The SMILES string of the molecule is CCC1C(C(C)C)CC2C1C2(F)F. The van der Waals surface area contributed by atoms with E-state index in [0.717, 1.165) is 12.8 Å². The number of rotatable bonds is 2. The summed E-state index contributed by atoms with van der Waals surface area (Å²) in [5.74, 6) is -1.39. The standard InChI is InChI=1S/C11H18F2/c1-4-7-8(6(2)3)5-9-10(7)11(9,12)13/h6-10H,4-5H2,1-3H3. The molecule has 13 heavy (non-hydrogen) atoms. The van der Waals surface area contributed by atoms with Crippen LogP contribution in [-0.4, -0.2) is 5.92 Å². The molecule has 2 aliphatic rings. The molecule has 4 atom stereocenters. The molecule has 76 valence electrons. The third kappa shape index (κ3) is 1.14. The summed E-state index contributed by atoms with van der Waals surface area (Å²) < 4.78 is 26.2. The Bertz CT molecular complexity index is 208. The molecule has 2 fully saturated rings. The van der Waals surface area contributed by atoms with Crippen LogP contribution in [0.1, 0.15) is 33.6 Å². The Balaban J connectivity index is 2.09. The summed E-state index contributed by atoms with van der Waals surface area (Å²) in [4.78, 5) is 0. The minimum Gasteiger partial charge on any atom is -0.206 e. The molecule has 0 bridgehead atoms. The lowest BCUT2D eigenvalue weighted by atomic mass is 9.81. The topological polar surface area (TPSA) is 0 Å². The van der Waals surface area contributed by atoms with E-state index < -0.39 is 5.92 Å². The number of fused-ring (bicyclic) bond motifs is 1. The van der Waals surface area contributed by atoms with Crippen LogP contribution < -0.4 is 0 Å². The lowest BCUT2D eigenvalue weighted by Gasteiger charge is -2.26. The van der Waals surface area contributed by atoms with Crippen molar-refractivity contribution in [3.63, 3.8) is 0 Å².